The van der Waals surface area contributed by atoms with Gasteiger partial charge in [0.2, 0.25) is 0 Å². The minimum Gasteiger partial charge on any atom is -0.493 e. The van der Waals surface area contributed by atoms with E-state index in [0.717, 1.165) is 43.0 Å². The highest BCUT2D eigenvalue weighted by Gasteiger charge is 2.19. The Bertz CT molecular complexity index is 1300. The smallest absolute Gasteiger partial charge is 0.253 e. The van der Waals surface area contributed by atoms with Crippen LogP contribution in [0.4, 0.5) is 0 Å². The van der Waals surface area contributed by atoms with Crippen molar-refractivity contribution in [3.63, 3.8) is 0 Å². The molecule has 1 aliphatic heterocycles. The average Bonchev–Trinajstić information content (AvgIpc) is 2.93. The van der Waals surface area contributed by atoms with Gasteiger partial charge in [-0.1, -0.05) is 6.58 Å². The Morgan fingerprint density at radius 2 is 1.58 bits per heavy atom. The number of pyridine rings is 1. The number of ether oxygens (including phenoxy) is 3. The lowest BCUT2D eigenvalue weighted by atomic mass is 10.0. The van der Waals surface area contributed by atoms with Crippen molar-refractivity contribution in [1.29, 1.82) is 0 Å². The standard InChI is InChI=1S/C20H23N3O2.C10H12O3/c1-14-11-17(16(3)25-19-5-4-6-22-15(19)2)13-18(12-14)20(24)23-9-7-21-8-10-23;1-7(11)8-4-5-9(12-2)10(6-8)13-3/h4-6,11-13,21H,3,7-10H2,1-2H3;4-6H,1-3H3. The third-order valence-electron chi connectivity index (χ3n) is 6.03. The second-order valence-electron chi connectivity index (χ2n) is 8.87. The van der Waals surface area contributed by atoms with Gasteiger partial charge in [-0.3, -0.25) is 14.6 Å². The molecule has 1 saturated heterocycles. The molecule has 1 aliphatic rings. The van der Waals surface area contributed by atoms with Crippen molar-refractivity contribution < 1.29 is 23.8 Å². The number of rotatable bonds is 7. The van der Waals surface area contributed by atoms with Crippen LogP contribution in [0, 0.1) is 13.8 Å². The van der Waals surface area contributed by atoms with Gasteiger partial charge in [0, 0.05) is 49.1 Å². The largest absolute Gasteiger partial charge is 0.493 e. The number of hydrogen-bond acceptors (Lipinski definition) is 7. The molecular weight excluding hydrogens is 482 g/mol. The topological polar surface area (TPSA) is 90.0 Å². The van der Waals surface area contributed by atoms with Crippen LogP contribution in [0.2, 0.25) is 0 Å². The maximum absolute atomic E-state index is 12.8. The first-order chi connectivity index (χ1) is 18.2. The van der Waals surface area contributed by atoms with Gasteiger partial charge in [-0.15, -0.1) is 0 Å². The van der Waals surface area contributed by atoms with Crippen LogP contribution in [0.3, 0.4) is 0 Å². The van der Waals surface area contributed by atoms with Crippen molar-refractivity contribution >= 4 is 17.4 Å². The van der Waals surface area contributed by atoms with Gasteiger partial charge in [0.15, 0.2) is 17.3 Å². The summed E-state index contributed by atoms with van der Waals surface area (Å²) in [5, 5.41) is 3.26. The summed E-state index contributed by atoms with van der Waals surface area (Å²) in [4.78, 5) is 29.9. The lowest BCUT2D eigenvalue weighted by molar-refractivity contribution is 0.0735. The zero-order chi connectivity index (χ0) is 27.7. The Hall–Kier alpha value is -4.17. The second kappa shape index (κ2) is 13.4. The normalized spacial score (nSPS) is 12.6. The molecule has 1 aromatic heterocycles. The average molecular weight is 518 g/mol. The van der Waals surface area contributed by atoms with Crippen molar-refractivity contribution in [1.82, 2.24) is 15.2 Å². The number of nitrogens with zero attached hydrogens (tertiary/aromatic N) is 2. The van der Waals surface area contributed by atoms with Crippen LogP contribution in [0.1, 0.15) is 44.5 Å². The quantitative estimate of drug-likeness (QED) is 0.359. The second-order valence-corrected chi connectivity index (χ2v) is 8.87. The molecule has 1 N–H and O–H groups in total. The molecule has 8 heteroatoms. The highest BCUT2D eigenvalue weighted by molar-refractivity contribution is 5.95. The molecular formula is C30H35N3O5. The third-order valence-corrected chi connectivity index (χ3v) is 6.03. The maximum atomic E-state index is 12.8. The van der Waals surface area contributed by atoms with Gasteiger partial charge < -0.3 is 24.4 Å². The molecule has 38 heavy (non-hydrogen) atoms. The number of carbonyl (C=O) groups excluding carboxylic acids is 2. The van der Waals surface area contributed by atoms with E-state index in [1.807, 2.05) is 49.1 Å². The fraction of sp³-hybridized carbons (Fsp3) is 0.300. The Kier molecular flexibility index (Phi) is 10.0. The van der Waals surface area contributed by atoms with Gasteiger partial charge in [-0.25, -0.2) is 0 Å². The Balaban J connectivity index is 0.000000260. The summed E-state index contributed by atoms with van der Waals surface area (Å²) < 4.78 is 16.0. The summed E-state index contributed by atoms with van der Waals surface area (Å²) in [6, 6.07) is 14.5. The van der Waals surface area contributed by atoms with E-state index in [1.165, 1.54) is 6.92 Å². The summed E-state index contributed by atoms with van der Waals surface area (Å²) in [6.07, 6.45) is 1.72. The summed E-state index contributed by atoms with van der Waals surface area (Å²) in [5.41, 5.74) is 3.90. The zero-order valence-electron chi connectivity index (χ0n) is 22.7. The van der Waals surface area contributed by atoms with Gasteiger partial charge in [-0.05, 0) is 74.9 Å². The first-order valence-corrected chi connectivity index (χ1v) is 12.4. The molecule has 4 rings (SSSR count). The van der Waals surface area contributed by atoms with Crippen molar-refractivity contribution in [2.24, 2.45) is 0 Å². The predicted molar refractivity (Wildman–Crippen MR) is 148 cm³/mol. The summed E-state index contributed by atoms with van der Waals surface area (Å²) in [7, 11) is 3.10. The molecule has 0 aliphatic carbocycles. The number of carbonyl (C=O) groups is 2. The first kappa shape index (κ1) is 28.4. The molecule has 3 aromatic rings. The van der Waals surface area contributed by atoms with E-state index < -0.39 is 0 Å². The zero-order valence-corrected chi connectivity index (χ0v) is 22.7. The monoisotopic (exact) mass is 517 g/mol. The van der Waals surface area contributed by atoms with E-state index in [1.54, 1.807) is 38.6 Å². The minimum absolute atomic E-state index is 0.0148. The molecule has 0 unspecified atom stereocenters. The van der Waals surface area contributed by atoms with E-state index in [9.17, 15) is 9.59 Å². The Labute approximate surface area is 224 Å². The Morgan fingerprint density at radius 1 is 0.895 bits per heavy atom. The van der Waals surface area contributed by atoms with E-state index >= 15 is 0 Å². The highest BCUT2D eigenvalue weighted by atomic mass is 16.5. The van der Waals surface area contributed by atoms with Crippen LogP contribution < -0.4 is 19.5 Å². The number of aryl methyl sites for hydroxylation is 2. The molecule has 0 atom stereocenters. The molecule has 0 spiro atoms. The van der Waals surface area contributed by atoms with E-state index in [2.05, 4.69) is 16.9 Å². The van der Waals surface area contributed by atoms with Crippen LogP contribution >= 0.6 is 0 Å². The minimum atomic E-state index is 0.0148. The highest BCUT2D eigenvalue weighted by Crippen LogP contribution is 2.27. The van der Waals surface area contributed by atoms with Crippen LogP contribution in [0.25, 0.3) is 5.76 Å². The molecule has 2 aromatic carbocycles. The van der Waals surface area contributed by atoms with Crippen molar-refractivity contribution in [2.75, 3.05) is 40.4 Å². The molecule has 1 amide bonds. The lowest BCUT2D eigenvalue weighted by Crippen LogP contribution is -2.46. The van der Waals surface area contributed by atoms with Crippen LogP contribution in [0.15, 0.2) is 61.3 Å². The maximum Gasteiger partial charge on any atom is 0.253 e. The van der Waals surface area contributed by atoms with E-state index in [0.29, 0.717) is 34.1 Å². The van der Waals surface area contributed by atoms with Crippen molar-refractivity contribution in [2.45, 2.75) is 20.8 Å². The molecule has 1 fully saturated rings. The SMILES string of the molecule is C=C(Oc1cccnc1C)c1cc(C)cc(C(=O)N2CCNCC2)c1.COc1ccc(C(C)=O)cc1OC. The summed E-state index contributed by atoms with van der Waals surface area (Å²) >= 11 is 0. The van der Waals surface area contributed by atoms with Crippen molar-refractivity contribution in [3.8, 4) is 17.2 Å². The Morgan fingerprint density at radius 3 is 2.21 bits per heavy atom. The number of hydrogen-bond donors (Lipinski definition) is 1. The number of amides is 1. The summed E-state index contributed by atoms with van der Waals surface area (Å²) in [5.74, 6) is 2.46. The number of piperazine rings is 1. The molecule has 0 radical (unpaired) electrons. The third kappa shape index (κ3) is 7.43. The van der Waals surface area contributed by atoms with Crippen LogP contribution in [-0.2, 0) is 0 Å². The fourth-order valence-corrected chi connectivity index (χ4v) is 3.94. The number of ketones is 1. The number of nitrogens with one attached hydrogen (secondary N) is 1. The molecule has 2 heterocycles. The number of Topliss-reactive ketones (excluding diaryl/α,β-unsaturated/α-hetero) is 1. The number of aromatic nitrogens is 1. The molecule has 0 saturated carbocycles. The predicted octanol–water partition coefficient (Wildman–Crippen LogP) is 4.70. The van der Waals surface area contributed by atoms with E-state index in [4.69, 9.17) is 14.2 Å². The number of benzene rings is 2. The molecule has 0 bridgehead atoms. The molecule has 8 nitrogen and oxygen atoms in total. The van der Waals surface area contributed by atoms with Gasteiger partial charge in [0.05, 0.1) is 19.9 Å². The van der Waals surface area contributed by atoms with Crippen molar-refractivity contribution in [3.05, 3.63) is 89.3 Å². The van der Waals surface area contributed by atoms with Gasteiger partial charge >= 0.3 is 0 Å². The van der Waals surface area contributed by atoms with E-state index in [-0.39, 0.29) is 11.7 Å². The number of methoxy groups -OCH3 is 2. The van der Waals surface area contributed by atoms with Gasteiger partial charge in [0.1, 0.15) is 11.5 Å². The van der Waals surface area contributed by atoms with Gasteiger partial charge in [-0.2, -0.15) is 0 Å². The summed E-state index contributed by atoms with van der Waals surface area (Å²) in [6.45, 7) is 12.5. The fourth-order valence-electron chi connectivity index (χ4n) is 3.94. The van der Waals surface area contributed by atoms with Crippen LogP contribution in [-0.4, -0.2) is 62.0 Å². The molecule has 200 valence electrons. The van der Waals surface area contributed by atoms with Gasteiger partial charge in [0.25, 0.3) is 5.91 Å². The first-order valence-electron chi connectivity index (χ1n) is 12.4. The van der Waals surface area contributed by atoms with Crippen LogP contribution in [0.5, 0.6) is 17.2 Å². The lowest BCUT2D eigenvalue weighted by Gasteiger charge is -2.27.